The largest absolute Gasteiger partial charge is 0.315 e. The molecule has 2 aromatic carbocycles. The molecule has 1 aromatic heterocycles. The Morgan fingerprint density at radius 1 is 1.03 bits per heavy atom. The minimum absolute atomic E-state index is 0.0340. The van der Waals surface area contributed by atoms with Crippen LogP contribution in [0.2, 0.25) is 0 Å². The van der Waals surface area contributed by atoms with E-state index in [1.165, 1.54) is 0 Å². The molecular formula is C23H20Cl2N4OS. The Morgan fingerprint density at radius 3 is 2.58 bits per heavy atom. The lowest BCUT2D eigenvalue weighted by Gasteiger charge is -2.25. The van der Waals surface area contributed by atoms with Crippen molar-refractivity contribution >= 4 is 63.0 Å². The number of benzene rings is 2. The van der Waals surface area contributed by atoms with Gasteiger partial charge in [0.2, 0.25) is 5.91 Å². The number of nitrogens with one attached hydrogen (secondary N) is 1. The highest BCUT2D eigenvalue weighted by Crippen LogP contribution is 2.30. The van der Waals surface area contributed by atoms with Gasteiger partial charge in [0, 0.05) is 31.1 Å². The molecule has 5 nitrogen and oxygen atoms in total. The zero-order valence-corrected chi connectivity index (χ0v) is 18.9. The predicted octanol–water partition coefficient (Wildman–Crippen LogP) is 4.99. The molecule has 158 valence electrons. The van der Waals surface area contributed by atoms with Gasteiger partial charge in [-0.3, -0.25) is 9.78 Å². The Labute approximate surface area is 196 Å². The van der Waals surface area contributed by atoms with Crippen LogP contribution in [0, 0.1) is 0 Å². The number of halogens is 2. The van der Waals surface area contributed by atoms with Crippen LogP contribution in [0.1, 0.15) is 12.0 Å². The average Bonchev–Trinajstić information content (AvgIpc) is 3.17. The number of thiocarbonyl (C=S) groups is 1. The zero-order chi connectivity index (χ0) is 21.8. The molecule has 1 saturated heterocycles. The lowest BCUT2D eigenvalue weighted by molar-refractivity contribution is -0.120. The van der Waals surface area contributed by atoms with Crippen molar-refractivity contribution in [3.05, 3.63) is 82.7 Å². The third kappa shape index (κ3) is 4.82. The first-order valence-electron chi connectivity index (χ1n) is 9.86. The number of nitrogens with zero attached hydrogens (tertiary/aromatic N) is 3. The number of aromatic nitrogens is 1. The molecule has 0 aliphatic carbocycles. The maximum absolute atomic E-state index is 12.6. The summed E-state index contributed by atoms with van der Waals surface area (Å²) < 4.78 is -0.0340. The van der Waals surface area contributed by atoms with E-state index in [0.29, 0.717) is 36.9 Å². The Balaban J connectivity index is 1.49. The fourth-order valence-electron chi connectivity index (χ4n) is 3.59. The Bertz CT molecular complexity index is 1140. The van der Waals surface area contributed by atoms with E-state index in [4.69, 9.17) is 35.4 Å². The number of rotatable bonds is 6. The highest BCUT2D eigenvalue weighted by Gasteiger charge is 2.31. The van der Waals surface area contributed by atoms with Gasteiger partial charge in [0.05, 0.1) is 11.2 Å². The van der Waals surface area contributed by atoms with E-state index in [-0.39, 0.29) is 10.4 Å². The van der Waals surface area contributed by atoms with E-state index >= 15 is 0 Å². The summed E-state index contributed by atoms with van der Waals surface area (Å²) in [5.41, 5.74) is 2.86. The number of carbonyl (C=O) groups excluding carboxylic acids is 1. The smallest absolute Gasteiger partial charge is 0.225 e. The number of hydrogen-bond acceptors (Lipinski definition) is 3. The van der Waals surface area contributed by atoms with Crippen LogP contribution in [0.25, 0.3) is 10.9 Å². The summed E-state index contributed by atoms with van der Waals surface area (Å²) in [5.74, 6) is 0.132. The maximum Gasteiger partial charge on any atom is 0.225 e. The first kappa shape index (κ1) is 21.6. The van der Waals surface area contributed by atoms with E-state index in [2.05, 4.69) is 10.3 Å². The third-order valence-electron chi connectivity index (χ3n) is 5.10. The monoisotopic (exact) mass is 470 g/mol. The van der Waals surface area contributed by atoms with Gasteiger partial charge in [-0.1, -0.05) is 71.7 Å². The summed E-state index contributed by atoms with van der Waals surface area (Å²) in [6.07, 6.45) is 2.70. The number of carbonyl (C=O) groups is 1. The predicted molar refractivity (Wildman–Crippen MR) is 130 cm³/mol. The van der Waals surface area contributed by atoms with Gasteiger partial charge in [-0.25, -0.2) is 0 Å². The number of aryl methyl sites for hydroxylation is 1. The van der Waals surface area contributed by atoms with Crippen molar-refractivity contribution in [3.63, 3.8) is 0 Å². The number of fused-ring (bicyclic) bond motifs is 1. The molecular weight excluding hydrogens is 451 g/mol. The fourth-order valence-corrected chi connectivity index (χ4v) is 4.26. The summed E-state index contributed by atoms with van der Waals surface area (Å²) >= 11 is 18.0. The second kappa shape index (κ2) is 9.64. The number of pyridine rings is 1. The average molecular weight is 471 g/mol. The summed E-state index contributed by atoms with van der Waals surface area (Å²) in [6, 6.07) is 19.7. The molecule has 1 aliphatic rings. The first-order valence-corrected chi connectivity index (χ1v) is 11.0. The van der Waals surface area contributed by atoms with Gasteiger partial charge in [-0.2, -0.15) is 0 Å². The molecule has 2 heterocycles. The summed E-state index contributed by atoms with van der Waals surface area (Å²) in [7, 11) is 0. The summed E-state index contributed by atoms with van der Waals surface area (Å²) in [4.78, 5) is 20.8. The van der Waals surface area contributed by atoms with Crippen molar-refractivity contribution in [1.82, 2.24) is 15.2 Å². The maximum atomic E-state index is 12.6. The van der Waals surface area contributed by atoms with E-state index in [1.54, 1.807) is 11.1 Å². The van der Waals surface area contributed by atoms with Gasteiger partial charge in [0.15, 0.2) is 5.11 Å². The van der Waals surface area contributed by atoms with Crippen LogP contribution in [0.15, 0.2) is 77.2 Å². The quantitative estimate of drug-likeness (QED) is 0.513. The highest BCUT2D eigenvalue weighted by molar-refractivity contribution is 7.80. The second-order valence-corrected chi connectivity index (χ2v) is 8.40. The molecule has 0 saturated carbocycles. The van der Waals surface area contributed by atoms with Crippen molar-refractivity contribution in [2.75, 3.05) is 18.0 Å². The number of anilines is 1. The van der Waals surface area contributed by atoms with Crippen molar-refractivity contribution in [2.24, 2.45) is 0 Å². The molecule has 0 atom stereocenters. The standard InChI is InChI=1S/C23H20Cl2N4OS/c24-21(25)22(27-19(30)12-11-16-6-2-1-3-7-16)29-15-14-28(23(29)31)18-10-4-8-17-9-5-13-26-20(17)18/h1-10,13H,11-12,14-15H2,(H,27,30). The molecule has 8 heteroatoms. The van der Waals surface area contributed by atoms with Crippen molar-refractivity contribution < 1.29 is 4.79 Å². The van der Waals surface area contributed by atoms with Gasteiger partial charge in [-0.05, 0) is 36.3 Å². The molecule has 1 fully saturated rings. The molecule has 0 unspecified atom stereocenters. The molecule has 1 amide bonds. The van der Waals surface area contributed by atoms with Gasteiger partial charge < -0.3 is 15.1 Å². The van der Waals surface area contributed by atoms with Gasteiger partial charge in [0.25, 0.3) is 0 Å². The lowest BCUT2D eigenvalue weighted by Crippen LogP contribution is -2.39. The molecule has 31 heavy (non-hydrogen) atoms. The lowest BCUT2D eigenvalue weighted by atomic mass is 10.1. The second-order valence-electron chi connectivity index (χ2n) is 7.08. The molecule has 4 rings (SSSR count). The van der Waals surface area contributed by atoms with Crippen LogP contribution in [-0.4, -0.2) is 34.0 Å². The van der Waals surface area contributed by atoms with Crippen LogP contribution in [0.4, 0.5) is 5.69 Å². The number of amides is 1. The highest BCUT2D eigenvalue weighted by atomic mass is 35.5. The van der Waals surface area contributed by atoms with E-state index in [9.17, 15) is 4.79 Å². The molecule has 0 bridgehead atoms. The molecule has 3 aromatic rings. The van der Waals surface area contributed by atoms with Crippen LogP contribution in [0.3, 0.4) is 0 Å². The third-order valence-corrected chi connectivity index (χ3v) is 5.90. The van der Waals surface area contributed by atoms with E-state index < -0.39 is 0 Å². The fraction of sp³-hybridized carbons (Fsp3) is 0.174. The van der Waals surface area contributed by atoms with E-state index in [1.807, 2.05) is 65.6 Å². The number of hydrogen-bond donors (Lipinski definition) is 1. The zero-order valence-electron chi connectivity index (χ0n) is 16.6. The van der Waals surface area contributed by atoms with Crippen molar-refractivity contribution in [2.45, 2.75) is 12.8 Å². The minimum atomic E-state index is -0.175. The van der Waals surface area contributed by atoms with Crippen LogP contribution >= 0.6 is 35.4 Å². The topological polar surface area (TPSA) is 48.5 Å². The van der Waals surface area contributed by atoms with E-state index in [0.717, 1.165) is 22.2 Å². The van der Waals surface area contributed by atoms with Crippen LogP contribution < -0.4 is 10.2 Å². The molecule has 1 N–H and O–H groups in total. The van der Waals surface area contributed by atoms with Crippen molar-refractivity contribution in [1.29, 1.82) is 0 Å². The molecule has 0 radical (unpaired) electrons. The Morgan fingerprint density at radius 2 is 1.81 bits per heavy atom. The Hall–Kier alpha value is -2.67. The molecule has 0 spiro atoms. The SMILES string of the molecule is O=C(CCc1ccccc1)NC(=C(Cl)Cl)N1CCN(c2cccc3cccnc23)C1=S. The minimum Gasteiger partial charge on any atom is -0.315 e. The van der Waals surface area contributed by atoms with Gasteiger partial charge in [0.1, 0.15) is 10.3 Å². The Kier molecular flexibility index (Phi) is 6.70. The van der Waals surface area contributed by atoms with Gasteiger partial charge in [-0.15, -0.1) is 0 Å². The summed E-state index contributed by atoms with van der Waals surface area (Å²) in [6.45, 7) is 1.16. The first-order chi connectivity index (χ1) is 15.0. The molecule has 1 aliphatic heterocycles. The van der Waals surface area contributed by atoms with Crippen molar-refractivity contribution in [3.8, 4) is 0 Å². The number of para-hydroxylation sites is 1. The van der Waals surface area contributed by atoms with Crippen LogP contribution in [0.5, 0.6) is 0 Å². The van der Waals surface area contributed by atoms with Gasteiger partial charge >= 0.3 is 0 Å². The summed E-state index contributed by atoms with van der Waals surface area (Å²) in [5, 5.41) is 4.38. The normalized spacial score (nSPS) is 13.5. The van der Waals surface area contributed by atoms with Crippen LogP contribution in [-0.2, 0) is 11.2 Å².